The van der Waals surface area contributed by atoms with Crippen molar-refractivity contribution in [1.82, 2.24) is 4.31 Å². The molecule has 0 radical (unpaired) electrons. The van der Waals surface area contributed by atoms with Crippen LogP contribution in [0.15, 0.2) is 27.6 Å². The van der Waals surface area contributed by atoms with E-state index in [1.165, 1.54) is 22.5 Å². The number of halogens is 1. The Morgan fingerprint density at radius 1 is 1.35 bits per heavy atom. The number of carbonyl (C=O) groups excluding carboxylic acids is 1. The predicted octanol–water partition coefficient (Wildman–Crippen LogP) is 1.06. The maximum absolute atomic E-state index is 12.7. The second kappa shape index (κ2) is 5.71. The van der Waals surface area contributed by atoms with Gasteiger partial charge in [0.1, 0.15) is 6.04 Å². The third-order valence-corrected chi connectivity index (χ3v) is 6.21. The van der Waals surface area contributed by atoms with Gasteiger partial charge in [-0.15, -0.1) is 0 Å². The number of carbonyl (C=O) groups is 1. The molecule has 0 bridgehead atoms. The van der Waals surface area contributed by atoms with Crippen molar-refractivity contribution in [2.24, 2.45) is 5.73 Å². The summed E-state index contributed by atoms with van der Waals surface area (Å²) in [4.78, 5) is 11.6. The molecule has 0 spiro atoms. The number of nitrogens with zero attached hydrogens (tertiary/aromatic N) is 1. The lowest BCUT2D eigenvalue weighted by atomic mass is 10.0. The normalized spacial score (nSPS) is 20.8. The molecule has 1 unspecified atom stereocenters. The first-order chi connectivity index (χ1) is 9.34. The molecule has 20 heavy (non-hydrogen) atoms. The minimum Gasteiger partial charge on any atom is -0.399 e. The number of nitrogen functional groups attached to an aromatic ring is 1. The van der Waals surface area contributed by atoms with E-state index < -0.39 is 22.0 Å². The fourth-order valence-corrected chi connectivity index (χ4v) is 5.05. The van der Waals surface area contributed by atoms with E-state index in [0.717, 1.165) is 12.8 Å². The zero-order valence-corrected chi connectivity index (χ0v) is 13.2. The maximum atomic E-state index is 12.7. The highest BCUT2D eigenvalue weighted by atomic mass is 79.9. The maximum Gasteiger partial charge on any atom is 0.244 e. The minimum atomic E-state index is -3.77. The van der Waals surface area contributed by atoms with Gasteiger partial charge in [0.05, 0.1) is 4.90 Å². The monoisotopic (exact) mass is 361 g/mol. The van der Waals surface area contributed by atoms with Crippen molar-refractivity contribution in [3.8, 4) is 0 Å². The average Bonchev–Trinajstić information content (AvgIpc) is 2.38. The Hall–Kier alpha value is -1.12. The molecule has 1 fully saturated rings. The summed E-state index contributed by atoms with van der Waals surface area (Å²) in [6.07, 6.45) is 1.97. The summed E-state index contributed by atoms with van der Waals surface area (Å²) in [5.74, 6) is -0.611. The number of rotatable bonds is 3. The molecule has 1 amide bonds. The molecular formula is C12H16BrN3O3S. The van der Waals surface area contributed by atoms with Crippen molar-refractivity contribution < 1.29 is 13.2 Å². The van der Waals surface area contributed by atoms with Crippen LogP contribution in [0.4, 0.5) is 5.69 Å². The summed E-state index contributed by atoms with van der Waals surface area (Å²) in [5, 5.41) is 0. The number of amides is 1. The van der Waals surface area contributed by atoms with E-state index >= 15 is 0 Å². The number of nitrogens with two attached hydrogens (primary N) is 2. The zero-order valence-electron chi connectivity index (χ0n) is 10.8. The number of piperidine rings is 1. The lowest BCUT2D eigenvalue weighted by Gasteiger charge is -2.32. The first-order valence-corrected chi connectivity index (χ1v) is 8.43. The Morgan fingerprint density at radius 2 is 2.05 bits per heavy atom. The molecule has 1 heterocycles. The molecule has 1 aliphatic heterocycles. The Balaban J connectivity index is 2.45. The van der Waals surface area contributed by atoms with Crippen LogP contribution < -0.4 is 11.5 Å². The van der Waals surface area contributed by atoms with Crippen molar-refractivity contribution in [3.63, 3.8) is 0 Å². The first kappa shape index (κ1) is 15.3. The van der Waals surface area contributed by atoms with Crippen LogP contribution in [-0.2, 0) is 14.8 Å². The molecule has 4 N–H and O–H groups in total. The minimum absolute atomic E-state index is 0.0971. The molecule has 1 aromatic carbocycles. The average molecular weight is 362 g/mol. The topological polar surface area (TPSA) is 106 Å². The van der Waals surface area contributed by atoms with Gasteiger partial charge in [-0.25, -0.2) is 8.42 Å². The summed E-state index contributed by atoms with van der Waals surface area (Å²) in [6, 6.07) is 3.69. The van der Waals surface area contributed by atoms with Crippen LogP contribution >= 0.6 is 15.9 Å². The molecule has 2 rings (SSSR count). The molecule has 0 aliphatic carbocycles. The van der Waals surface area contributed by atoms with Crippen LogP contribution in [0.2, 0.25) is 0 Å². The summed E-state index contributed by atoms with van der Waals surface area (Å²) in [5.41, 5.74) is 11.4. The van der Waals surface area contributed by atoms with Crippen LogP contribution in [0.25, 0.3) is 0 Å². The van der Waals surface area contributed by atoms with Gasteiger partial charge in [0.15, 0.2) is 0 Å². The van der Waals surface area contributed by atoms with Crippen LogP contribution in [0.5, 0.6) is 0 Å². The summed E-state index contributed by atoms with van der Waals surface area (Å²) in [7, 11) is -3.77. The van der Waals surface area contributed by atoms with Gasteiger partial charge in [-0.05, 0) is 47.0 Å². The molecule has 8 heteroatoms. The predicted molar refractivity (Wildman–Crippen MR) is 79.3 cm³/mol. The van der Waals surface area contributed by atoms with Crippen LogP contribution in [0, 0.1) is 0 Å². The molecule has 1 saturated heterocycles. The standard InChI is InChI=1S/C12H16BrN3O3S/c13-9-7-8(14)4-5-11(9)20(18,19)16-6-2-1-3-10(16)12(15)17/h4-5,7,10H,1-3,6,14H2,(H2,15,17). The number of sulfonamides is 1. The Kier molecular flexibility index (Phi) is 4.36. The largest absolute Gasteiger partial charge is 0.399 e. The van der Waals surface area contributed by atoms with Crippen molar-refractivity contribution >= 4 is 37.5 Å². The Morgan fingerprint density at radius 3 is 2.65 bits per heavy atom. The van der Waals surface area contributed by atoms with E-state index in [2.05, 4.69) is 15.9 Å². The number of benzene rings is 1. The molecule has 1 aromatic rings. The van der Waals surface area contributed by atoms with E-state index in [1.807, 2.05) is 0 Å². The molecule has 1 atom stereocenters. The van der Waals surface area contributed by atoms with Crippen molar-refractivity contribution in [3.05, 3.63) is 22.7 Å². The zero-order chi connectivity index (χ0) is 14.9. The highest BCUT2D eigenvalue weighted by Gasteiger charge is 2.37. The molecular weight excluding hydrogens is 346 g/mol. The van der Waals surface area contributed by atoms with Crippen LogP contribution in [0.1, 0.15) is 19.3 Å². The summed E-state index contributed by atoms with van der Waals surface area (Å²) < 4.78 is 26.9. The van der Waals surface area contributed by atoms with Gasteiger partial charge in [0.2, 0.25) is 15.9 Å². The lowest BCUT2D eigenvalue weighted by molar-refractivity contribution is -0.122. The number of hydrogen-bond acceptors (Lipinski definition) is 4. The fourth-order valence-electron chi connectivity index (χ4n) is 2.33. The van der Waals surface area contributed by atoms with Gasteiger partial charge in [0.25, 0.3) is 0 Å². The van der Waals surface area contributed by atoms with Crippen molar-refractivity contribution in [2.45, 2.75) is 30.2 Å². The second-order valence-electron chi connectivity index (χ2n) is 4.72. The molecule has 0 aromatic heterocycles. The third-order valence-electron chi connectivity index (χ3n) is 3.32. The van der Waals surface area contributed by atoms with E-state index in [0.29, 0.717) is 23.1 Å². The van der Waals surface area contributed by atoms with Gasteiger partial charge in [-0.2, -0.15) is 4.31 Å². The van der Waals surface area contributed by atoms with Gasteiger partial charge >= 0.3 is 0 Å². The Bertz CT molecular complexity index is 633. The lowest BCUT2D eigenvalue weighted by Crippen LogP contribution is -2.50. The molecule has 110 valence electrons. The smallest absolute Gasteiger partial charge is 0.244 e. The van der Waals surface area contributed by atoms with E-state index in [-0.39, 0.29) is 4.90 Å². The first-order valence-electron chi connectivity index (χ1n) is 6.20. The molecule has 6 nitrogen and oxygen atoms in total. The van der Waals surface area contributed by atoms with Crippen LogP contribution in [-0.4, -0.2) is 31.2 Å². The van der Waals surface area contributed by atoms with E-state index in [1.54, 1.807) is 0 Å². The number of primary amides is 1. The van der Waals surface area contributed by atoms with Crippen molar-refractivity contribution in [2.75, 3.05) is 12.3 Å². The van der Waals surface area contributed by atoms with Gasteiger partial charge in [-0.1, -0.05) is 6.42 Å². The fraction of sp³-hybridized carbons (Fsp3) is 0.417. The second-order valence-corrected chi connectivity index (χ2v) is 7.43. The van der Waals surface area contributed by atoms with E-state index in [4.69, 9.17) is 11.5 Å². The summed E-state index contributed by atoms with van der Waals surface area (Å²) in [6.45, 7) is 0.298. The number of hydrogen-bond donors (Lipinski definition) is 2. The summed E-state index contributed by atoms with van der Waals surface area (Å²) >= 11 is 3.20. The van der Waals surface area contributed by atoms with Crippen LogP contribution in [0.3, 0.4) is 0 Å². The molecule has 0 saturated carbocycles. The molecule has 1 aliphatic rings. The van der Waals surface area contributed by atoms with Gasteiger partial charge < -0.3 is 11.5 Å². The highest BCUT2D eigenvalue weighted by Crippen LogP contribution is 2.30. The quantitative estimate of drug-likeness (QED) is 0.784. The SMILES string of the molecule is NC(=O)C1CCCCN1S(=O)(=O)c1ccc(N)cc1Br. The van der Waals surface area contributed by atoms with Crippen molar-refractivity contribution in [1.29, 1.82) is 0 Å². The van der Waals surface area contributed by atoms with Gasteiger partial charge in [-0.3, -0.25) is 4.79 Å². The Labute approximate surface area is 126 Å². The highest BCUT2D eigenvalue weighted by molar-refractivity contribution is 9.10. The van der Waals surface area contributed by atoms with E-state index in [9.17, 15) is 13.2 Å². The van der Waals surface area contributed by atoms with Gasteiger partial charge in [0, 0.05) is 16.7 Å². The third kappa shape index (κ3) is 2.82. The number of anilines is 1.